The SMILES string of the molecule is C=CC(=O)N1CCN(c2cc(-c3noc(C4(C)CCCc5sc(N)c(C#N)c54)n3)nc(N3CCCN(CCCOC)C[C@@H]3C)c2)CC1. The summed E-state index contributed by atoms with van der Waals surface area (Å²) >= 11 is 1.49. The molecule has 0 spiro atoms. The first-order valence-electron chi connectivity index (χ1n) is 16.6. The minimum Gasteiger partial charge on any atom is -0.389 e. The summed E-state index contributed by atoms with van der Waals surface area (Å²) in [7, 11) is 1.75. The number of amides is 1. The third-order valence-corrected chi connectivity index (χ3v) is 10.9. The number of hydrogen-bond acceptors (Lipinski definition) is 12. The van der Waals surface area contributed by atoms with Gasteiger partial charge in [-0.3, -0.25) is 4.79 Å². The summed E-state index contributed by atoms with van der Waals surface area (Å²) in [5, 5.41) is 15.0. The monoisotopic (exact) mass is 659 g/mol. The van der Waals surface area contributed by atoms with Crippen LogP contribution in [0, 0.1) is 11.3 Å². The van der Waals surface area contributed by atoms with Gasteiger partial charge >= 0.3 is 0 Å². The molecule has 2 atom stereocenters. The average Bonchev–Trinajstić information content (AvgIpc) is 3.67. The predicted molar refractivity (Wildman–Crippen MR) is 184 cm³/mol. The van der Waals surface area contributed by atoms with Crippen LogP contribution in [0.2, 0.25) is 0 Å². The van der Waals surface area contributed by atoms with Crippen molar-refractivity contribution in [3.8, 4) is 17.6 Å². The van der Waals surface area contributed by atoms with Gasteiger partial charge in [-0.2, -0.15) is 10.2 Å². The van der Waals surface area contributed by atoms with Crippen LogP contribution in [0.1, 0.15) is 61.4 Å². The highest BCUT2D eigenvalue weighted by molar-refractivity contribution is 7.16. The Balaban J connectivity index is 1.34. The van der Waals surface area contributed by atoms with Crippen LogP contribution in [0.5, 0.6) is 0 Å². The fraction of sp³-hybridized carbons (Fsp3) is 0.559. The fourth-order valence-corrected chi connectivity index (χ4v) is 8.54. The number of nitrogen functional groups attached to an aromatic ring is 1. The quantitative estimate of drug-likeness (QED) is 0.263. The second kappa shape index (κ2) is 14.0. The van der Waals surface area contributed by atoms with E-state index < -0.39 is 5.41 Å². The van der Waals surface area contributed by atoms with Gasteiger partial charge in [0.2, 0.25) is 17.6 Å². The van der Waals surface area contributed by atoms with Crippen LogP contribution in [-0.2, 0) is 21.4 Å². The highest BCUT2D eigenvalue weighted by Crippen LogP contribution is 2.48. The summed E-state index contributed by atoms with van der Waals surface area (Å²) in [5.74, 6) is 1.73. The Morgan fingerprint density at radius 1 is 1.23 bits per heavy atom. The van der Waals surface area contributed by atoms with Gasteiger partial charge in [0.25, 0.3) is 0 Å². The second-order valence-electron chi connectivity index (χ2n) is 13.0. The molecule has 0 bridgehead atoms. The molecule has 13 heteroatoms. The van der Waals surface area contributed by atoms with E-state index in [1.165, 1.54) is 17.4 Å². The molecule has 0 aromatic carbocycles. The lowest BCUT2D eigenvalue weighted by atomic mass is 9.72. The zero-order valence-corrected chi connectivity index (χ0v) is 28.5. The molecular weight excluding hydrogens is 615 g/mol. The number of nitriles is 1. The standard InChI is InChI=1S/C34H45N9O3S/c1-5-29(44)42-16-14-41(15-17-42)24-19-26(37-28(20-24)43-13-7-11-40(22-23(43)2)12-8-18-45-4)32-38-33(46-39-32)34(3)10-6-9-27-30(34)25(21-35)31(36)47-27/h5,19-20,23H,1,6-18,22,36H2,2-4H3/t23-,34?/m0/s1. The van der Waals surface area contributed by atoms with E-state index in [0.29, 0.717) is 54.2 Å². The van der Waals surface area contributed by atoms with Gasteiger partial charge in [0.1, 0.15) is 22.6 Å². The van der Waals surface area contributed by atoms with E-state index in [1.54, 1.807) is 7.11 Å². The molecular formula is C34H45N9O3S. The molecule has 2 N–H and O–H groups in total. The number of carbonyl (C=O) groups is 1. The van der Waals surface area contributed by atoms with Crippen molar-refractivity contribution in [2.24, 2.45) is 0 Å². The normalized spacial score (nSPS) is 22.1. The molecule has 1 amide bonds. The number of aromatic nitrogens is 3. The zero-order valence-electron chi connectivity index (χ0n) is 27.7. The Morgan fingerprint density at radius 2 is 2.04 bits per heavy atom. The molecule has 1 aliphatic carbocycles. The van der Waals surface area contributed by atoms with E-state index in [9.17, 15) is 10.1 Å². The van der Waals surface area contributed by atoms with Crippen molar-refractivity contribution >= 4 is 33.8 Å². The van der Waals surface area contributed by atoms with Crippen molar-refractivity contribution in [3.63, 3.8) is 0 Å². The summed E-state index contributed by atoms with van der Waals surface area (Å²) in [6, 6.07) is 6.76. The van der Waals surface area contributed by atoms with Crippen LogP contribution in [0.4, 0.5) is 16.5 Å². The van der Waals surface area contributed by atoms with Crippen LogP contribution in [0.25, 0.3) is 11.5 Å². The molecule has 250 valence electrons. The Hall–Kier alpha value is -3.99. The van der Waals surface area contributed by atoms with Crippen LogP contribution in [-0.4, -0.2) is 103 Å². The molecule has 0 saturated carbocycles. The summed E-state index contributed by atoms with van der Waals surface area (Å²) in [6.45, 7) is 15.2. The first kappa shape index (κ1) is 32.9. The van der Waals surface area contributed by atoms with Gasteiger partial charge in [0, 0.05) is 87.8 Å². The fourth-order valence-electron chi connectivity index (χ4n) is 7.35. The number of piperazine rings is 1. The Kier molecular flexibility index (Phi) is 9.82. The number of carbonyl (C=O) groups excluding carboxylic acids is 1. The van der Waals surface area contributed by atoms with Gasteiger partial charge in [0.15, 0.2) is 0 Å². The van der Waals surface area contributed by atoms with Crippen LogP contribution in [0.15, 0.2) is 29.3 Å². The van der Waals surface area contributed by atoms with Crippen LogP contribution < -0.4 is 15.5 Å². The molecule has 5 heterocycles. The van der Waals surface area contributed by atoms with Crippen molar-refractivity contribution in [1.29, 1.82) is 5.26 Å². The summed E-state index contributed by atoms with van der Waals surface area (Å²) in [6.07, 6.45) is 6.03. The van der Waals surface area contributed by atoms with E-state index in [2.05, 4.69) is 52.4 Å². The summed E-state index contributed by atoms with van der Waals surface area (Å²) in [4.78, 5) is 32.6. The van der Waals surface area contributed by atoms with Crippen LogP contribution >= 0.6 is 11.3 Å². The number of anilines is 3. The lowest BCUT2D eigenvalue weighted by molar-refractivity contribution is -0.126. The molecule has 12 nitrogen and oxygen atoms in total. The summed E-state index contributed by atoms with van der Waals surface area (Å²) in [5.41, 5.74) is 8.75. The molecule has 2 fully saturated rings. The Labute approximate surface area is 280 Å². The number of nitrogens with two attached hydrogens (primary N) is 1. The van der Waals surface area contributed by atoms with Crippen molar-refractivity contribution in [3.05, 3.63) is 46.7 Å². The number of aryl methyl sites for hydroxylation is 1. The number of pyridine rings is 1. The molecule has 2 aliphatic heterocycles. The molecule has 3 aromatic heterocycles. The third-order valence-electron chi connectivity index (χ3n) is 9.85. The van der Waals surface area contributed by atoms with E-state index in [4.69, 9.17) is 25.0 Å². The maximum Gasteiger partial charge on any atom is 0.246 e. The molecule has 47 heavy (non-hydrogen) atoms. The molecule has 3 aromatic rings. The van der Waals surface area contributed by atoms with E-state index >= 15 is 0 Å². The second-order valence-corrected chi connectivity index (χ2v) is 14.1. The van der Waals surface area contributed by atoms with Gasteiger partial charge in [-0.1, -0.05) is 11.7 Å². The smallest absolute Gasteiger partial charge is 0.246 e. The topological polar surface area (TPSA) is 141 Å². The highest BCUT2D eigenvalue weighted by Gasteiger charge is 2.43. The number of nitrogens with zero attached hydrogens (tertiary/aromatic N) is 8. The third kappa shape index (κ3) is 6.59. The number of thiophene rings is 1. The van der Waals surface area contributed by atoms with E-state index in [0.717, 1.165) is 86.8 Å². The maximum atomic E-state index is 12.3. The average molecular weight is 660 g/mol. The number of ether oxygens (including phenoxy) is 1. The Morgan fingerprint density at radius 3 is 2.79 bits per heavy atom. The number of hydrogen-bond donors (Lipinski definition) is 1. The molecule has 6 rings (SSSR count). The minimum atomic E-state index is -0.613. The Bertz CT molecular complexity index is 1640. The van der Waals surface area contributed by atoms with Crippen LogP contribution in [0.3, 0.4) is 0 Å². The predicted octanol–water partition coefficient (Wildman–Crippen LogP) is 4.06. The lowest BCUT2D eigenvalue weighted by Crippen LogP contribution is -2.48. The first-order chi connectivity index (χ1) is 22.7. The van der Waals surface area contributed by atoms with Gasteiger partial charge < -0.3 is 34.6 Å². The molecule has 3 aliphatic rings. The van der Waals surface area contributed by atoms with Gasteiger partial charge in [0.05, 0.1) is 11.0 Å². The van der Waals surface area contributed by atoms with Gasteiger partial charge in [-0.25, -0.2) is 4.98 Å². The van der Waals surface area contributed by atoms with Crippen molar-refractivity contribution in [1.82, 2.24) is 24.9 Å². The van der Waals surface area contributed by atoms with Gasteiger partial charge in [-0.15, -0.1) is 11.3 Å². The number of fused-ring (bicyclic) bond motifs is 1. The summed E-state index contributed by atoms with van der Waals surface area (Å²) < 4.78 is 11.3. The van der Waals surface area contributed by atoms with Crippen molar-refractivity contribution in [2.45, 2.75) is 57.4 Å². The van der Waals surface area contributed by atoms with E-state index in [1.807, 2.05) is 11.0 Å². The molecule has 1 unspecified atom stereocenters. The van der Waals surface area contributed by atoms with Gasteiger partial charge in [-0.05, 0) is 64.6 Å². The van der Waals surface area contributed by atoms with E-state index in [-0.39, 0.29) is 11.9 Å². The first-order valence-corrected chi connectivity index (χ1v) is 17.4. The van der Waals surface area contributed by atoms with Crippen molar-refractivity contribution < 1.29 is 14.1 Å². The largest absolute Gasteiger partial charge is 0.389 e. The molecule has 2 saturated heterocycles. The zero-order chi connectivity index (χ0) is 33.1. The van der Waals surface area contributed by atoms with Crippen molar-refractivity contribution in [2.75, 3.05) is 81.6 Å². The maximum absolute atomic E-state index is 12.3. The lowest BCUT2D eigenvalue weighted by Gasteiger charge is -2.36. The minimum absolute atomic E-state index is 0.0418. The highest BCUT2D eigenvalue weighted by atomic mass is 32.1. The number of methoxy groups -OCH3 is 1. The number of rotatable bonds is 9. The molecule has 0 radical (unpaired) electrons.